The smallest absolute Gasteiger partial charge is 0.119 e. The zero-order valence-electron chi connectivity index (χ0n) is 13.1. The lowest BCUT2D eigenvalue weighted by molar-refractivity contribution is 0.339. The predicted molar refractivity (Wildman–Crippen MR) is 83.0 cm³/mol. The summed E-state index contributed by atoms with van der Waals surface area (Å²) < 4.78 is 5.50. The van der Waals surface area contributed by atoms with Gasteiger partial charge in [-0.3, -0.25) is 0 Å². The van der Waals surface area contributed by atoms with Crippen LogP contribution < -0.4 is 10.1 Å². The van der Waals surface area contributed by atoms with E-state index in [4.69, 9.17) is 4.74 Å². The van der Waals surface area contributed by atoms with Gasteiger partial charge in [0, 0.05) is 6.04 Å². The third-order valence-corrected chi connectivity index (χ3v) is 3.51. The fourth-order valence-corrected chi connectivity index (χ4v) is 2.52. The lowest BCUT2D eigenvalue weighted by atomic mass is 9.79. The topological polar surface area (TPSA) is 21.3 Å². The molecule has 0 spiro atoms. The van der Waals surface area contributed by atoms with E-state index in [2.05, 4.69) is 57.3 Å². The highest BCUT2D eigenvalue weighted by Crippen LogP contribution is 2.29. The summed E-state index contributed by atoms with van der Waals surface area (Å²) in [5.41, 5.74) is 1.56. The first kappa shape index (κ1) is 16.0. The Morgan fingerprint density at radius 1 is 1.16 bits per heavy atom. The maximum absolute atomic E-state index is 5.50. The lowest BCUT2D eigenvalue weighted by Crippen LogP contribution is -2.33. The van der Waals surface area contributed by atoms with Gasteiger partial charge in [0.15, 0.2) is 0 Å². The Hall–Kier alpha value is -1.02. The van der Waals surface area contributed by atoms with Crippen molar-refractivity contribution >= 4 is 0 Å². The van der Waals surface area contributed by atoms with E-state index in [-0.39, 0.29) is 5.41 Å². The highest BCUT2D eigenvalue weighted by molar-refractivity contribution is 5.31. The second kappa shape index (κ2) is 7.54. The first-order chi connectivity index (χ1) is 8.99. The van der Waals surface area contributed by atoms with Gasteiger partial charge in [0.2, 0.25) is 0 Å². The molecule has 0 heterocycles. The molecule has 0 aromatic heterocycles. The molecule has 0 aliphatic rings. The number of ether oxygens (including phenoxy) is 1. The third kappa shape index (κ3) is 5.23. The first-order valence-corrected chi connectivity index (χ1v) is 7.46. The molecule has 2 nitrogen and oxygen atoms in total. The largest absolute Gasteiger partial charge is 0.494 e. The first-order valence-electron chi connectivity index (χ1n) is 7.46. The van der Waals surface area contributed by atoms with E-state index in [1.165, 1.54) is 12.0 Å². The Morgan fingerprint density at radius 2 is 1.79 bits per heavy atom. The third-order valence-electron chi connectivity index (χ3n) is 3.51. The molecule has 0 aliphatic heterocycles. The summed E-state index contributed by atoms with van der Waals surface area (Å²) in [6, 6.07) is 9.08. The summed E-state index contributed by atoms with van der Waals surface area (Å²) in [7, 11) is 0. The van der Waals surface area contributed by atoms with Crippen LogP contribution in [0.3, 0.4) is 0 Å². The number of hydrogen-bond donors (Lipinski definition) is 1. The van der Waals surface area contributed by atoms with Gasteiger partial charge in [-0.05, 0) is 56.3 Å². The van der Waals surface area contributed by atoms with Gasteiger partial charge < -0.3 is 10.1 Å². The van der Waals surface area contributed by atoms with E-state index in [1.807, 2.05) is 6.92 Å². The zero-order chi connectivity index (χ0) is 14.3. The number of rotatable bonds is 8. The molecule has 1 atom stereocenters. The van der Waals surface area contributed by atoms with E-state index in [0.29, 0.717) is 6.04 Å². The Kier molecular flexibility index (Phi) is 6.36. The summed E-state index contributed by atoms with van der Waals surface area (Å²) in [5.74, 6) is 0.958. The van der Waals surface area contributed by atoms with Crippen LogP contribution in [-0.2, 0) is 5.41 Å². The molecule has 1 aromatic carbocycles. The molecule has 0 radical (unpaired) electrons. The van der Waals surface area contributed by atoms with Crippen molar-refractivity contribution in [2.45, 2.75) is 58.9 Å². The van der Waals surface area contributed by atoms with Gasteiger partial charge in [-0.25, -0.2) is 0 Å². The molecule has 19 heavy (non-hydrogen) atoms. The standard InChI is InChI=1S/C17H29NO/c1-6-12-18-14(3)13-17(4,5)15-8-10-16(11-9-15)19-7-2/h8-11,14,18H,6-7,12-13H2,1-5H3. The Balaban J connectivity index is 2.65. The molecule has 0 bridgehead atoms. The van der Waals surface area contributed by atoms with E-state index >= 15 is 0 Å². The van der Waals surface area contributed by atoms with Crippen LogP contribution in [0, 0.1) is 0 Å². The minimum absolute atomic E-state index is 0.185. The van der Waals surface area contributed by atoms with Gasteiger partial charge in [-0.2, -0.15) is 0 Å². The second-order valence-electron chi connectivity index (χ2n) is 5.90. The molecule has 1 aromatic rings. The van der Waals surface area contributed by atoms with Crippen LogP contribution in [0.2, 0.25) is 0 Å². The van der Waals surface area contributed by atoms with E-state index < -0.39 is 0 Å². The molecule has 108 valence electrons. The summed E-state index contributed by atoms with van der Waals surface area (Å²) in [6.45, 7) is 12.9. The van der Waals surface area contributed by atoms with E-state index in [9.17, 15) is 0 Å². The van der Waals surface area contributed by atoms with Crippen molar-refractivity contribution in [3.8, 4) is 5.75 Å². The lowest BCUT2D eigenvalue weighted by Gasteiger charge is -2.29. The van der Waals surface area contributed by atoms with Gasteiger partial charge in [0.1, 0.15) is 5.75 Å². The fraction of sp³-hybridized carbons (Fsp3) is 0.647. The second-order valence-corrected chi connectivity index (χ2v) is 5.90. The number of benzene rings is 1. The molecular formula is C17H29NO. The van der Waals surface area contributed by atoms with Gasteiger partial charge in [-0.15, -0.1) is 0 Å². The van der Waals surface area contributed by atoms with Crippen LogP contribution in [0.5, 0.6) is 5.75 Å². The van der Waals surface area contributed by atoms with Crippen LogP contribution in [-0.4, -0.2) is 19.2 Å². The van der Waals surface area contributed by atoms with Gasteiger partial charge in [-0.1, -0.05) is 32.9 Å². The molecule has 0 amide bonds. The monoisotopic (exact) mass is 263 g/mol. The van der Waals surface area contributed by atoms with Crippen LogP contribution in [0.4, 0.5) is 0 Å². The highest BCUT2D eigenvalue weighted by atomic mass is 16.5. The van der Waals surface area contributed by atoms with Crippen molar-refractivity contribution in [3.63, 3.8) is 0 Å². The van der Waals surface area contributed by atoms with E-state index in [0.717, 1.165) is 25.3 Å². The van der Waals surface area contributed by atoms with Crippen LogP contribution in [0.15, 0.2) is 24.3 Å². The molecule has 1 rings (SSSR count). The summed E-state index contributed by atoms with van der Waals surface area (Å²) in [4.78, 5) is 0. The fourth-order valence-electron chi connectivity index (χ4n) is 2.52. The van der Waals surface area contributed by atoms with Gasteiger partial charge in [0.05, 0.1) is 6.61 Å². The predicted octanol–water partition coefficient (Wildman–Crippen LogP) is 4.14. The van der Waals surface area contributed by atoms with Crippen molar-refractivity contribution in [3.05, 3.63) is 29.8 Å². The highest BCUT2D eigenvalue weighted by Gasteiger charge is 2.23. The summed E-state index contributed by atoms with van der Waals surface area (Å²) in [6.07, 6.45) is 2.33. The van der Waals surface area contributed by atoms with Crippen molar-refractivity contribution in [2.24, 2.45) is 0 Å². The summed E-state index contributed by atoms with van der Waals surface area (Å²) in [5, 5.41) is 3.57. The zero-order valence-corrected chi connectivity index (χ0v) is 13.1. The van der Waals surface area contributed by atoms with Crippen molar-refractivity contribution < 1.29 is 4.74 Å². The van der Waals surface area contributed by atoms with Gasteiger partial charge in [0.25, 0.3) is 0 Å². The average molecular weight is 263 g/mol. The molecule has 1 unspecified atom stereocenters. The van der Waals surface area contributed by atoms with Crippen LogP contribution in [0.1, 0.15) is 53.0 Å². The molecule has 0 fully saturated rings. The van der Waals surface area contributed by atoms with Crippen molar-refractivity contribution in [1.82, 2.24) is 5.32 Å². The number of hydrogen-bond acceptors (Lipinski definition) is 2. The Morgan fingerprint density at radius 3 is 2.32 bits per heavy atom. The minimum atomic E-state index is 0.185. The molecule has 0 saturated heterocycles. The normalized spacial score (nSPS) is 13.3. The Labute approximate surface area is 118 Å². The Bertz CT molecular complexity index is 356. The summed E-state index contributed by atoms with van der Waals surface area (Å²) >= 11 is 0. The maximum Gasteiger partial charge on any atom is 0.119 e. The maximum atomic E-state index is 5.50. The van der Waals surface area contributed by atoms with E-state index in [1.54, 1.807) is 0 Å². The molecule has 0 saturated carbocycles. The van der Waals surface area contributed by atoms with Gasteiger partial charge >= 0.3 is 0 Å². The van der Waals surface area contributed by atoms with Crippen molar-refractivity contribution in [2.75, 3.05) is 13.2 Å². The quantitative estimate of drug-likeness (QED) is 0.761. The molecule has 1 N–H and O–H groups in total. The SMILES string of the molecule is CCCNC(C)CC(C)(C)c1ccc(OCC)cc1. The van der Waals surface area contributed by atoms with Crippen LogP contribution >= 0.6 is 0 Å². The van der Waals surface area contributed by atoms with Crippen molar-refractivity contribution in [1.29, 1.82) is 0 Å². The molecular weight excluding hydrogens is 234 g/mol. The average Bonchev–Trinajstić information content (AvgIpc) is 2.37. The molecule has 2 heteroatoms. The minimum Gasteiger partial charge on any atom is -0.494 e. The number of nitrogens with one attached hydrogen (secondary N) is 1. The molecule has 0 aliphatic carbocycles. The van der Waals surface area contributed by atoms with Crippen LogP contribution in [0.25, 0.3) is 0 Å².